The van der Waals surface area contributed by atoms with Crippen LogP contribution in [0.15, 0.2) is 0 Å². The van der Waals surface area contributed by atoms with Crippen LogP contribution in [0.1, 0.15) is 26.7 Å². The van der Waals surface area contributed by atoms with Crippen molar-refractivity contribution in [1.29, 1.82) is 0 Å². The van der Waals surface area contributed by atoms with Gasteiger partial charge in [-0.25, -0.2) is 0 Å². The molecular weight excluding hydrogens is 194 g/mol. The van der Waals surface area contributed by atoms with E-state index in [9.17, 15) is 9.59 Å². The molecule has 0 spiro atoms. The van der Waals surface area contributed by atoms with E-state index in [1.54, 1.807) is 12.0 Å². The first-order chi connectivity index (χ1) is 7.06. The van der Waals surface area contributed by atoms with Gasteiger partial charge in [-0.1, -0.05) is 13.8 Å². The number of hydrogen-bond donors (Lipinski definition) is 0. The Morgan fingerprint density at radius 2 is 2.07 bits per heavy atom. The highest BCUT2D eigenvalue weighted by atomic mass is 16.5. The average Bonchev–Trinajstić information content (AvgIpc) is 2.15. The maximum Gasteiger partial charge on any atom is 0.230 e. The molecule has 0 aliphatic carbocycles. The number of nitrogens with zero attached hydrogens (tertiary/aromatic N) is 1. The Labute approximate surface area is 90.6 Å². The van der Waals surface area contributed by atoms with Crippen molar-refractivity contribution in [3.63, 3.8) is 0 Å². The zero-order valence-electron chi connectivity index (χ0n) is 9.66. The molecule has 1 rings (SSSR count). The van der Waals surface area contributed by atoms with Crippen LogP contribution in [-0.4, -0.2) is 42.9 Å². The number of Topliss-reactive ketones (excluding diaryl/α,β-unsaturated/α-hetero) is 1. The highest BCUT2D eigenvalue weighted by Crippen LogP contribution is 2.17. The monoisotopic (exact) mass is 213 g/mol. The van der Waals surface area contributed by atoms with E-state index in [4.69, 9.17) is 4.74 Å². The lowest BCUT2D eigenvalue weighted by Crippen LogP contribution is -2.49. The summed E-state index contributed by atoms with van der Waals surface area (Å²) in [6, 6.07) is 0.0931. The Morgan fingerprint density at radius 1 is 1.40 bits per heavy atom. The quantitative estimate of drug-likeness (QED) is 0.650. The van der Waals surface area contributed by atoms with Gasteiger partial charge in [0.05, 0.1) is 19.1 Å². The number of methoxy groups -OCH3 is 1. The number of hydrogen-bond acceptors (Lipinski definition) is 3. The standard InChI is InChI=1S/C11H19NO3/c1-8(2)10(7-15-3)12-5-4-9(13)6-11(12)14/h8,10H,4-7H2,1-3H3. The Morgan fingerprint density at radius 3 is 2.53 bits per heavy atom. The molecule has 15 heavy (non-hydrogen) atoms. The summed E-state index contributed by atoms with van der Waals surface area (Å²) in [5.41, 5.74) is 0. The number of rotatable bonds is 4. The van der Waals surface area contributed by atoms with Crippen LogP contribution in [0.4, 0.5) is 0 Å². The predicted octanol–water partition coefficient (Wildman–Crippen LogP) is 0.849. The van der Waals surface area contributed by atoms with Gasteiger partial charge in [0.15, 0.2) is 0 Å². The van der Waals surface area contributed by atoms with Gasteiger partial charge in [0, 0.05) is 20.1 Å². The third-order valence-corrected chi connectivity index (χ3v) is 2.81. The Kier molecular flexibility index (Phi) is 4.27. The predicted molar refractivity (Wildman–Crippen MR) is 56.5 cm³/mol. The van der Waals surface area contributed by atoms with Crippen molar-refractivity contribution >= 4 is 11.7 Å². The van der Waals surface area contributed by atoms with E-state index in [-0.39, 0.29) is 24.2 Å². The van der Waals surface area contributed by atoms with E-state index < -0.39 is 0 Å². The Balaban J connectivity index is 2.66. The maximum absolute atomic E-state index is 11.7. The molecule has 0 aromatic rings. The molecule has 1 aliphatic rings. The first-order valence-corrected chi connectivity index (χ1v) is 5.36. The number of carbonyl (C=O) groups excluding carboxylic acids is 2. The molecule has 1 saturated heterocycles. The molecule has 0 saturated carbocycles. The zero-order valence-corrected chi connectivity index (χ0v) is 9.66. The highest BCUT2D eigenvalue weighted by Gasteiger charge is 2.31. The van der Waals surface area contributed by atoms with Gasteiger partial charge in [-0.05, 0) is 5.92 Å². The van der Waals surface area contributed by atoms with Crippen LogP contribution >= 0.6 is 0 Å². The fraction of sp³-hybridized carbons (Fsp3) is 0.818. The Bertz CT molecular complexity index is 250. The van der Waals surface area contributed by atoms with Crippen LogP contribution in [0.3, 0.4) is 0 Å². The highest BCUT2D eigenvalue weighted by molar-refractivity contribution is 6.00. The summed E-state index contributed by atoms with van der Waals surface area (Å²) in [4.78, 5) is 24.6. The number of amides is 1. The second-order valence-electron chi connectivity index (χ2n) is 4.32. The van der Waals surface area contributed by atoms with Gasteiger partial charge in [0.25, 0.3) is 0 Å². The average molecular weight is 213 g/mol. The minimum Gasteiger partial charge on any atom is -0.383 e. The lowest BCUT2D eigenvalue weighted by molar-refractivity contribution is -0.143. The van der Waals surface area contributed by atoms with Crippen molar-refractivity contribution in [2.45, 2.75) is 32.7 Å². The van der Waals surface area contributed by atoms with E-state index in [0.29, 0.717) is 25.5 Å². The molecule has 4 heteroatoms. The topological polar surface area (TPSA) is 46.6 Å². The van der Waals surface area contributed by atoms with Gasteiger partial charge in [-0.15, -0.1) is 0 Å². The number of ketones is 1. The lowest BCUT2D eigenvalue weighted by Gasteiger charge is -2.36. The largest absolute Gasteiger partial charge is 0.383 e. The van der Waals surface area contributed by atoms with Crippen LogP contribution in [0, 0.1) is 5.92 Å². The SMILES string of the molecule is COCC(C(C)C)N1CCC(=O)CC1=O. The molecule has 0 aromatic heterocycles. The maximum atomic E-state index is 11.7. The summed E-state index contributed by atoms with van der Waals surface area (Å²) >= 11 is 0. The van der Waals surface area contributed by atoms with Gasteiger partial charge in [-0.3, -0.25) is 9.59 Å². The second-order valence-corrected chi connectivity index (χ2v) is 4.32. The van der Waals surface area contributed by atoms with Crippen molar-refractivity contribution in [2.24, 2.45) is 5.92 Å². The summed E-state index contributed by atoms with van der Waals surface area (Å²) < 4.78 is 5.11. The molecule has 0 N–H and O–H groups in total. The second kappa shape index (κ2) is 5.26. The van der Waals surface area contributed by atoms with Crippen LogP contribution in [0.2, 0.25) is 0 Å². The third-order valence-electron chi connectivity index (χ3n) is 2.81. The van der Waals surface area contributed by atoms with Gasteiger partial charge in [0.1, 0.15) is 5.78 Å². The summed E-state index contributed by atoms with van der Waals surface area (Å²) in [5, 5.41) is 0. The van der Waals surface area contributed by atoms with Gasteiger partial charge in [0.2, 0.25) is 5.91 Å². The van der Waals surface area contributed by atoms with E-state index in [2.05, 4.69) is 13.8 Å². The fourth-order valence-electron chi connectivity index (χ4n) is 1.89. The molecule has 0 bridgehead atoms. The van der Waals surface area contributed by atoms with Gasteiger partial charge >= 0.3 is 0 Å². The number of piperidine rings is 1. The molecule has 1 heterocycles. The van der Waals surface area contributed by atoms with Crippen molar-refractivity contribution in [3.8, 4) is 0 Å². The van der Waals surface area contributed by atoms with Crippen molar-refractivity contribution < 1.29 is 14.3 Å². The summed E-state index contributed by atoms with van der Waals surface area (Å²) in [6.07, 6.45) is 0.547. The van der Waals surface area contributed by atoms with Crippen LogP contribution in [0.5, 0.6) is 0 Å². The molecule has 1 amide bonds. The summed E-state index contributed by atoms with van der Waals surface area (Å²) in [7, 11) is 1.63. The van der Waals surface area contributed by atoms with Crippen LogP contribution in [-0.2, 0) is 14.3 Å². The number of carbonyl (C=O) groups is 2. The molecule has 0 aromatic carbocycles. The minimum atomic E-state index is -0.0537. The van der Waals surface area contributed by atoms with Crippen molar-refractivity contribution in [3.05, 3.63) is 0 Å². The van der Waals surface area contributed by atoms with Crippen molar-refractivity contribution in [2.75, 3.05) is 20.3 Å². The van der Waals surface area contributed by atoms with Crippen LogP contribution < -0.4 is 0 Å². The van der Waals surface area contributed by atoms with Crippen molar-refractivity contribution in [1.82, 2.24) is 4.90 Å². The first-order valence-electron chi connectivity index (χ1n) is 5.36. The number of ether oxygens (including phenoxy) is 1. The smallest absolute Gasteiger partial charge is 0.230 e. The zero-order chi connectivity index (χ0) is 11.4. The summed E-state index contributed by atoms with van der Waals surface area (Å²) in [6.45, 7) is 5.21. The van der Waals surface area contributed by atoms with E-state index in [0.717, 1.165) is 0 Å². The molecular formula is C11H19NO3. The van der Waals surface area contributed by atoms with E-state index in [1.807, 2.05) is 0 Å². The lowest BCUT2D eigenvalue weighted by atomic mass is 9.99. The van der Waals surface area contributed by atoms with Gasteiger partial charge in [-0.2, -0.15) is 0 Å². The van der Waals surface area contributed by atoms with E-state index >= 15 is 0 Å². The molecule has 0 radical (unpaired) electrons. The Hall–Kier alpha value is -0.900. The normalized spacial score (nSPS) is 19.9. The first kappa shape index (κ1) is 12.2. The minimum absolute atomic E-state index is 0.0520. The summed E-state index contributed by atoms with van der Waals surface area (Å²) in [5.74, 6) is 0.347. The molecule has 4 nitrogen and oxygen atoms in total. The molecule has 1 atom stereocenters. The third kappa shape index (κ3) is 3.02. The van der Waals surface area contributed by atoms with Gasteiger partial charge < -0.3 is 9.64 Å². The van der Waals surface area contributed by atoms with E-state index in [1.165, 1.54) is 0 Å². The molecule has 1 fully saturated rings. The van der Waals surface area contributed by atoms with Crippen LogP contribution in [0.25, 0.3) is 0 Å². The fourth-order valence-corrected chi connectivity index (χ4v) is 1.89. The molecule has 1 aliphatic heterocycles. The number of likely N-dealkylation sites (tertiary alicyclic amines) is 1. The molecule has 1 unspecified atom stereocenters. The molecule has 86 valence electrons.